The molecule has 0 aromatic heterocycles. The number of likely N-dealkylation sites (tertiary alicyclic amines) is 1. The van der Waals surface area contributed by atoms with E-state index in [-0.39, 0.29) is 18.2 Å². The van der Waals surface area contributed by atoms with Gasteiger partial charge in [-0.2, -0.15) is 0 Å². The molecule has 21 heavy (non-hydrogen) atoms. The molecule has 1 heterocycles. The van der Waals surface area contributed by atoms with Crippen molar-refractivity contribution in [2.45, 2.75) is 45.4 Å². The van der Waals surface area contributed by atoms with E-state index >= 15 is 0 Å². The molecule has 0 unspecified atom stereocenters. The van der Waals surface area contributed by atoms with Gasteiger partial charge in [0.15, 0.2) is 0 Å². The van der Waals surface area contributed by atoms with E-state index in [0.717, 1.165) is 51.7 Å². The van der Waals surface area contributed by atoms with Crippen LogP contribution in [0.5, 0.6) is 0 Å². The lowest BCUT2D eigenvalue weighted by molar-refractivity contribution is -0.139. The predicted molar refractivity (Wildman–Crippen MR) is 80.7 cm³/mol. The minimum Gasteiger partial charge on any atom is -0.481 e. The number of hydrogen-bond donors (Lipinski definition) is 1. The number of likely N-dealkylation sites (N-methyl/N-ethyl adjacent to an activating group) is 1. The van der Waals surface area contributed by atoms with Gasteiger partial charge in [0.05, 0.1) is 6.54 Å². The van der Waals surface area contributed by atoms with Crippen LogP contribution in [0.25, 0.3) is 0 Å². The highest BCUT2D eigenvalue weighted by Crippen LogP contribution is 2.23. The Labute approximate surface area is 126 Å². The van der Waals surface area contributed by atoms with Gasteiger partial charge in [-0.05, 0) is 58.0 Å². The number of aliphatic carboxylic acids is 1. The predicted octanol–water partition coefficient (Wildman–Crippen LogP) is 2.09. The number of carboxylic acids is 1. The number of carbonyl (C=O) groups is 2. The molecule has 1 saturated heterocycles. The summed E-state index contributed by atoms with van der Waals surface area (Å²) in [5.41, 5.74) is 1.18. The average Bonchev–Trinajstić information content (AvgIpc) is 2.95. The number of nitrogens with zero attached hydrogens (tertiary/aromatic N) is 2. The third-order valence-electron chi connectivity index (χ3n) is 4.51. The summed E-state index contributed by atoms with van der Waals surface area (Å²) in [6.45, 7) is 4.89. The van der Waals surface area contributed by atoms with Crippen molar-refractivity contribution in [3.8, 4) is 0 Å². The van der Waals surface area contributed by atoms with Crippen LogP contribution in [0.1, 0.15) is 45.4 Å². The van der Waals surface area contributed by atoms with E-state index in [0.29, 0.717) is 6.54 Å². The van der Waals surface area contributed by atoms with Crippen molar-refractivity contribution in [1.29, 1.82) is 0 Å². The second kappa shape index (κ2) is 7.59. The molecule has 118 valence electrons. The molecular weight excluding hydrogens is 268 g/mol. The first kappa shape index (κ1) is 16.0. The van der Waals surface area contributed by atoms with Crippen molar-refractivity contribution in [2.24, 2.45) is 5.92 Å². The molecule has 0 saturated carbocycles. The molecule has 2 rings (SSSR count). The first-order chi connectivity index (χ1) is 10.1. The molecule has 1 N–H and O–H groups in total. The Bertz CT molecular complexity index is 412. The summed E-state index contributed by atoms with van der Waals surface area (Å²) in [6, 6.07) is 0. The number of allylic oxidation sites excluding steroid dienone is 2. The molecule has 1 aliphatic carbocycles. The van der Waals surface area contributed by atoms with Crippen molar-refractivity contribution < 1.29 is 14.7 Å². The molecule has 1 amide bonds. The van der Waals surface area contributed by atoms with E-state index in [1.54, 1.807) is 0 Å². The maximum absolute atomic E-state index is 12.4. The molecule has 0 bridgehead atoms. The lowest BCUT2D eigenvalue weighted by Crippen LogP contribution is -2.43. The highest BCUT2D eigenvalue weighted by atomic mass is 16.4. The molecule has 1 fully saturated rings. The number of hydrogen-bond acceptors (Lipinski definition) is 3. The van der Waals surface area contributed by atoms with Crippen molar-refractivity contribution in [3.63, 3.8) is 0 Å². The van der Waals surface area contributed by atoms with Gasteiger partial charge in [0.1, 0.15) is 0 Å². The Hall–Kier alpha value is -1.36. The summed E-state index contributed by atoms with van der Waals surface area (Å²) in [5.74, 6) is -0.258. The van der Waals surface area contributed by atoms with E-state index in [1.807, 2.05) is 11.8 Å². The fourth-order valence-corrected chi connectivity index (χ4v) is 3.31. The zero-order valence-electron chi connectivity index (χ0n) is 12.9. The fourth-order valence-electron chi connectivity index (χ4n) is 3.31. The van der Waals surface area contributed by atoms with Crippen LogP contribution in [-0.2, 0) is 9.59 Å². The van der Waals surface area contributed by atoms with Crippen LogP contribution in [0.15, 0.2) is 11.8 Å². The van der Waals surface area contributed by atoms with Gasteiger partial charge in [-0.25, -0.2) is 0 Å². The van der Waals surface area contributed by atoms with Gasteiger partial charge in [-0.3, -0.25) is 14.5 Å². The Morgan fingerprint density at radius 3 is 2.62 bits per heavy atom. The van der Waals surface area contributed by atoms with Crippen molar-refractivity contribution in [3.05, 3.63) is 11.8 Å². The van der Waals surface area contributed by atoms with Crippen LogP contribution in [0.4, 0.5) is 0 Å². The van der Waals surface area contributed by atoms with Crippen molar-refractivity contribution in [2.75, 3.05) is 26.2 Å². The van der Waals surface area contributed by atoms with E-state index in [4.69, 9.17) is 5.11 Å². The minimum absolute atomic E-state index is 0.183. The summed E-state index contributed by atoms with van der Waals surface area (Å²) in [5, 5.41) is 8.82. The summed E-state index contributed by atoms with van der Waals surface area (Å²) in [4.78, 5) is 27.2. The monoisotopic (exact) mass is 294 g/mol. The van der Waals surface area contributed by atoms with Crippen LogP contribution < -0.4 is 0 Å². The maximum atomic E-state index is 12.4. The molecule has 5 nitrogen and oxygen atoms in total. The summed E-state index contributed by atoms with van der Waals surface area (Å²) < 4.78 is 0. The smallest absolute Gasteiger partial charge is 0.303 e. The summed E-state index contributed by atoms with van der Waals surface area (Å²) in [6.07, 6.45) is 7.46. The molecule has 1 aliphatic heterocycles. The van der Waals surface area contributed by atoms with Gasteiger partial charge in [0.25, 0.3) is 0 Å². The van der Waals surface area contributed by atoms with Crippen LogP contribution in [0.2, 0.25) is 0 Å². The molecule has 2 aliphatic rings. The SMILES string of the molecule is CCN(C(=O)CN1CCC(CC(=O)O)CC1)C1=CCCC1. The molecular formula is C16H26N2O3. The lowest BCUT2D eigenvalue weighted by Gasteiger charge is -2.32. The second-order valence-corrected chi connectivity index (χ2v) is 6.04. The van der Waals surface area contributed by atoms with Crippen LogP contribution in [0, 0.1) is 5.92 Å². The van der Waals surface area contributed by atoms with Gasteiger partial charge in [0.2, 0.25) is 5.91 Å². The third kappa shape index (κ3) is 4.56. The van der Waals surface area contributed by atoms with Gasteiger partial charge >= 0.3 is 5.97 Å². The highest BCUT2D eigenvalue weighted by Gasteiger charge is 2.25. The first-order valence-electron chi connectivity index (χ1n) is 8.03. The molecule has 0 aromatic carbocycles. The highest BCUT2D eigenvalue weighted by molar-refractivity contribution is 5.80. The van der Waals surface area contributed by atoms with Crippen LogP contribution in [0.3, 0.4) is 0 Å². The van der Waals surface area contributed by atoms with Crippen LogP contribution >= 0.6 is 0 Å². The first-order valence-corrected chi connectivity index (χ1v) is 8.03. The van der Waals surface area contributed by atoms with E-state index in [1.165, 1.54) is 5.70 Å². The van der Waals surface area contributed by atoms with Gasteiger partial charge in [-0.1, -0.05) is 6.08 Å². The summed E-state index contributed by atoms with van der Waals surface area (Å²) >= 11 is 0. The Kier molecular flexibility index (Phi) is 5.79. The molecule has 5 heteroatoms. The van der Waals surface area contributed by atoms with Crippen molar-refractivity contribution in [1.82, 2.24) is 9.80 Å². The standard InChI is InChI=1S/C16H26N2O3/c1-2-18(14-5-3-4-6-14)15(19)12-17-9-7-13(8-10-17)11-16(20)21/h5,13H,2-4,6-12H2,1H3,(H,20,21). The quantitative estimate of drug-likeness (QED) is 0.815. The van der Waals surface area contributed by atoms with E-state index < -0.39 is 5.97 Å². The topological polar surface area (TPSA) is 60.9 Å². The Morgan fingerprint density at radius 2 is 2.10 bits per heavy atom. The zero-order chi connectivity index (χ0) is 15.2. The lowest BCUT2D eigenvalue weighted by atomic mass is 9.93. The molecule has 0 aromatic rings. The normalized spacial score (nSPS) is 20.3. The van der Waals surface area contributed by atoms with Gasteiger partial charge in [-0.15, -0.1) is 0 Å². The van der Waals surface area contributed by atoms with Gasteiger partial charge < -0.3 is 10.0 Å². The second-order valence-electron chi connectivity index (χ2n) is 6.04. The fraction of sp³-hybridized carbons (Fsp3) is 0.750. The number of carbonyl (C=O) groups excluding carboxylic acids is 1. The number of piperidine rings is 1. The minimum atomic E-state index is -0.713. The van der Waals surface area contributed by atoms with E-state index in [9.17, 15) is 9.59 Å². The third-order valence-corrected chi connectivity index (χ3v) is 4.51. The van der Waals surface area contributed by atoms with Crippen LogP contribution in [-0.4, -0.2) is 53.0 Å². The summed E-state index contributed by atoms with van der Waals surface area (Å²) in [7, 11) is 0. The molecule has 0 radical (unpaired) electrons. The largest absolute Gasteiger partial charge is 0.481 e. The van der Waals surface area contributed by atoms with Crippen molar-refractivity contribution >= 4 is 11.9 Å². The number of amides is 1. The maximum Gasteiger partial charge on any atom is 0.303 e. The Balaban J connectivity index is 1.79. The Morgan fingerprint density at radius 1 is 1.38 bits per heavy atom. The van der Waals surface area contributed by atoms with Gasteiger partial charge in [0, 0.05) is 18.7 Å². The number of carboxylic acid groups (broad SMARTS) is 1. The molecule has 0 spiro atoms. The average molecular weight is 294 g/mol. The van der Waals surface area contributed by atoms with E-state index in [2.05, 4.69) is 11.0 Å². The molecule has 0 atom stereocenters. The number of rotatable bonds is 6. The zero-order valence-corrected chi connectivity index (χ0v) is 12.9.